The number of nitrogens with zero attached hydrogens (tertiary/aromatic N) is 3. The number of aryl methyl sites for hydroxylation is 1. The number of aliphatic imine (C=N–C) groups is 1. The van der Waals surface area contributed by atoms with E-state index < -0.39 is 0 Å². The lowest BCUT2D eigenvalue weighted by atomic mass is 10.2. The zero-order valence-corrected chi connectivity index (χ0v) is 19.3. The summed E-state index contributed by atoms with van der Waals surface area (Å²) in [6.07, 6.45) is 5.03. The number of aromatic nitrogens is 3. The van der Waals surface area contributed by atoms with Gasteiger partial charge in [0.1, 0.15) is 5.82 Å². The average Bonchev–Trinajstić information content (AvgIpc) is 3.41. The quantitative estimate of drug-likeness (QED) is 0.148. The van der Waals surface area contributed by atoms with Crippen LogP contribution in [0.2, 0.25) is 0 Å². The standard InChI is InChI=1S/C23H26N6.HI/c1-24-23(25-13-7-14-29-15-12-19-10-5-6-11-21(19)29)27-17-22-26-16-20(28-22)18-8-3-2-4-9-18;/h2-6,8-12,15-16H,7,13-14,17H2,1H3,(H,26,28)(H2,24,25,27);1H. The van der Waals surface area contributed by atoms with Crippen molar-refractivity contribution in [1.29, 1.82) is 0 Å². The van der Waals surface area contributed by atoms with Gasteiger partial charge in [0.05, 0.1) is 18.4 Å². The highest BCUT2D eigenvalue weighted by molar-refractivity contribution is 14.0. The number of hydrogen-bond acceptors (Lipinski definition) is 2. The van der Waals surface area contributed by atoms with Crippen molar-refractivity contribution < 1.29 is 0 Å². The van der Waals surface area contributed by atoms with E-state index in [-0.39, 0.29) is 24.0 Å². The molecule has 0 saturated heterocycles. The van der Waals surface area contributed by atoms with Gasteiger partial charge < -0.3 is 20.2 Å². The molecule has 2 heterocycles. The van der Waals surface area contributed by atoms with Gasteiger partial charge >= 0.3 is 0 Å². The van der Waals surface area contributed by atoms with E-state index in [2.05, 4.69) is 78.8 Å². The summed E-state index contributed by atoms with van der Waals surface area (Å²) in [6, 6.07) is 20.8. The first-order chi connectivity index (χ1) is 14.3. The molecular formula is C23H27IN6. The Hall–Kier alpha value is -2.81. The Morgan fingerprint density at radius 2 is 1.83 bits per heavy atom. The van der Waals surface area contributed by atoms with Crippen LogP contribution in [-0.4, -0.2) is 34.1 Å². The Labute approximate surface area is 193 Å². The third-order valence-corrected chi connectivity index (χ3v) is 4.91. The van der Waals surface area contributed by atoms with E-state index in [1.54, 1.807) is 7.05 Å². The molecule has 0 aliphatic rings. The molecule has 3 N–H and O–H groups in total. The minimum Gasteiger partial charge on any atom is -0.356 e. The van der Waals surface area contributed by atoms with Gasteiger partial charge in [-0.2, -0.15) is 0 Å². The Morgan fingerprint density at radius 1 is 1.03 bits per heavy atom. The van der Waals surface area contributed by atoms with Crippen molar-refractivity contribution >= 4 is 40.8 Å². The van der Waals surface area contributed by atoms with E-state index in [9.17, 15) is 0 Å². The highest BCUT2D eigenvalue weighted by Crippen LogP contribution is 2.16. The van der Waals surface area contributed by atoms with Gasteiger partial charge in [-0.3, -0.25) is 4.99 Å². The van der Waals surface area contributed by atoms with Crippen molar-refractivity contribution in [2.45, 2.75) is 19.5 Å². The van der Waals surface area contributed by atoms with E-state index in [1.807, 2.05) is 24.4 Å². The molecule has 30 heavy (non-hydrogen) atoms. The number of rotatable bonds is 7. The van der Waals surface area contributed by atoms with E-state index in [1.165, 1.54) is 10.9 Å². The van der Waals surface area contributed by atoms with Crippen LogP contribution in [-0.2, 0) is 13.1 Å². The summed E-state index contributed by atoms with van der Waals surface area (Å²) >= 11 is 0. The molecule has 4 rings (SSSR count). The third-order valence-electron chi connectivity index (χ3n) is 4.91. The first-order valence-corrected chi connectivity index (χ1v) is 9.91. The number of guanidine groups is 1. The largest absolute Gasteiger partial charge is 0.356 e. The number of benzene rings is 2. The van der Waals surface area contributed by atoms with Crippen LogP contribution < -0.4 is 10.6 Å². The first kappa shape index (κ1) is 21.9. The van der Waals surface area contributed by atoms with Gasteiger partial charge in [0, 0.05) is 31.9 Å². The predicted molar refractivity (Wildman–Crippen MR) is 134 cm³/mol. The number of fused-ring (bicyclic) bond motifs is 1. The molecule has 0 radical (unpaired) electrons. The zero-order chi connectivity index (χ0) is 19.9. The summed E-state index contributed by atoms with van der Waals surface area (Å²) in [7, 11) is 1.78. The van der Waals surface area contributed by atoms with Crippen molar-refractivity contribution in [3.8, 4) is 11.3 Å². The van der Waals surface area contributed by atoms with Crippen LogP contribution in [0, 0.1) is 0 Å². The number of imidazole rings is 1. The second-order valence-corrected chi connectivity index (χ2v) is 6.88. The minimum absolute atomic E-state index is 0. The lowest BCUT2D eigenvalue weighted by molar-refractivity contribution is 0.639. The van der Waals surface area contributed by atoms with Crippen molar-refractivity contribution in [1.82, 2.24) is 25.2 Å². The third kappa shape index (κ3) is 5.41. The van der Waals surface area contributed by atoms with Gasteiger partial charge in [-0.1, -0.05) is 48.5 Å². The van der Waals surface area contributed by atoms with E-state index >= 15 is 0 Å². The Bertz CT molecular complexity index is 1080. The van der Waals surface area contributed by atoms with Crippen LogP contribution in [0.15, 0.2) is 78.0 Å². The lowest BCUT2D eigenvalue weighted by Crippen LogP contribution is -2.37. The van der Waals surface area contributed by atoms with Gasteiger partial charge in [-0.25, -0.2) is 4.98 Å². The van der Waals surface area contributed by atoms with Crippen LogP contribution in [0.4, 0.5) is 0 Å². The molecule has 0 saturated carbocycles. The van der Waals surface area contributed by atoms with Crippen molar-refractivity contribution in [2.75, 3.05) is 13.6 Å². The van der Waals surface area contributed by atoms with Crippen LogP contribution in [0.25, 0.3) is 22.2 Å². The Morgan fingerprint density at radius 3 is 2.67 bits per heavy atom. The topological polar surface area (TPSA) is 70.0 Å². The number of nitrogens with one attached hydrogen (secondary N) is 3. The summed E-state index contributed by atoms with van der Waals surface area (Å²) in [5.41, 5.74) is 3.43. The second-order valence-electron chi connectivity index (χ2n) is 6.88. The molecule has 2 aromatic heterocycles. The summed E-state index contributed by atoms with van der Waals surface area (Å²) in [5.74, 6) is 1.66. The number of para-hydroxylation sites is 1. The normalized spacial score (nSPS) is 11.3. The summed E-state index contributed by atoms with van der Waals surface area (Å²) < 4.78 is 2.29. The molecule has 2 aromatic carbocycles. The smallest absolute Gasteiger partial charge is 0.191 e. The highest BCUT2D eigenvalue weighted by atomic mass is 127. The number of H-pyrrole nitrogens is 1. The fourth-order valence-corrected chi connectivity index (χ4v) is 3.40. The maximum atomic E-state index is 4.45. The maximum absolute atomic E-state index is 4.45. The molecule has 0 atom stereocenters. The monoisotopic (exact) mass is 514 g/mol. The fourth-order valence-electron chi connectivity index (χ4n) is 3.40. The van der Waals surface area contributed by atoms with Crippen molar-refractivity contribution in [2.24, 2.45) is 4.99 Å². The molecule has 7 heteroatoms. The Balaban J connectivity index is 0.00000256. The number of halogens is 1. The zero-order valence-electron chi connectivity index (χ0n) is 17.0. The van der Waals surface area contributed by atoms with Crippen LogP contribution in [0.1, 0.15) is 12.2 Å². The van der Waals surface area contributed by atoms with Gasteiger partial charge in [-0.15, -0.1) is 24.0 Å². The average molecular weight is 514 g/mol. The fraction of sp³-hybridized carbons (Fsp3) is 0.217. The van der Waals surface area contributed by atoms with E-state index in [0.717, 1.165) is 42.6 Å². The molecule has 0 aliphatic heterocycles. The SMILES string of the molecule is CN=C(NCCCn1ccc2ccccc21)NCc1ncc(-c2ccccc2)[nH]1.I. The Kier molecular flexibility index (Phi) is 7.89. The number of hydrogen-bond donors (Lipinski definition) is 3. The first-order valence-electron chi connectivity index (χ1n) is 9.91. The molecule has 4 aromatic rings. The molecule has 6 nitrogen and oxygen atoms in total. The molecule has 0 spiro atoms. The van der Waals surface area contributed by atoms with Gasteiger partial charge in [0.2, 0.25) is 0 Å². The highest BCUT2D eigenvalue weighted by Gasteiger charge is 2.04. The van der Waals surface area contributed by atoms with Gasteiger partial charge in [-0.05, 0) is 29.5 Å². The second kappa shape index (κ2) is 10.8. The molecule has 0 bridgehead atoms. The van der Waals surface area contributed by atoms with Crippen molar-refractivity contribution in [3.63, 3.8) is 0 Å². The summed E-state index contributed by atoms with van der Waals surface area (Å²) in [6.45, 7) is 2.41. The van der Waals surface area contributed by atoms with Crippen LogP contribution >= 0.6 is 24.0 Å². The molecule has 0 fully saturated rings. The summed E-state index contributed by atoms with van der Waals surface area (Å²) in [5, 5.41) is 7.97. The van der Waals surface area contributed by atoms with E-state index in [4.69, 9.17) is 0 Å². The maximum Gasteiger partial charge on any atom is 0.191 e. The molecule has 0 amide bonds. The minimum atomic E-state index is 0. The molecule has 0 aliphatic carbocycles. The lowest BCUT2D eigenvalue weighted by Gasteiger charge is -2.11. The molecule has 156 valence electrons. The predicted octanol–water partition coefficient (Wildman–Crippen LogP) is 4.40. The van der Waals surface area contributed by atoms with Gasteiger partial charge in [0.25, 0.3) is 0 Å². The van der Waals surface area contributed by atoms with Crippen molar-refractivity contribution in [3.05, 3.63) is 78.9 Å². The number of aromatic amines is 1. The van der Waals surface area contributed by atoms with Crippen LogP contribution in [0.3, 0.4) is 0 Å². The molecular weight excluding hydrogens is 487 g/mol. The molecule has 0 unspecified atom stereocenters. The van der Waals surface area contributed by atoms with E-state index in [0.29, 0.717) is 6.54 Å². The van der Waals surface area contributed by atoms with Gasteiger partial charge in [0.15, 0.2) is 5.96 Å². The summed E-state index contributed by atoms with van der Waals surface area (Å²) in [4.78, 5) is 12.1. The van der Waals surface area contributed by atoms with Crippen LogP contribution in [0.5, 0.6) is 0 Å².